The Morgan fingerprint density at radius 1 is 0.848 bits per heavy atom. The first-order valence-corrected chi connectivity index (χ1v) is 10.5. The van der Waals surface area contributed by atoms with E-state index in [9.17, 15) is 9.59 Å². The maximum absolute atomic E-state index is 12.8. The standard InChI is InChI=1S/C27H22N2O4/c1-2-32-22-15-12-21(13-16-22)27(31)33-25-17-14-19-8-6-7-11-23(19)24(25)18-28-29-26(30)20-9-4-3-5-10-20/h3-18H,2H2,1H3,(H,29,30). The molecule has 0 fully saturated rings. The predicted octanol–water partition coefficient (Wildman–Crippen LogP) is 5.22. The van der Waals surface area contributed by atoms with Gasteiger partial charge in [0.25, 0.3) is 5.91 Å². The first kappa shape index (κ1) is 21.8. The molecule has 0 saturated carbocycles. The van der Waals surface area contributed by atoms with Crippen LogP contribution in [0.15, 0.2) is 96.1 Å². The molecule has 0 aliphatic rings. The van der Waals surface area contributed by atoms with E-state index in [1.807, 2.05) is 43.3 Å². The maximum atomic E-state index is 12.8. The van der Waals surface area contributed by atoms with E-state index in [1.54, 1.807) is 54.6 Å². The minimum Gasteiger partial charge on any atom is -0.494 e. The molecule has 1 N–H and O–H groups in total. The second-order valence-electron chi connectivity index (χ2n) is 7.11. The Morgan fingerprint density at radius 3 is 2.33 bits per heavy atom. The number of hydrogen-bond donors (Lipinski definition) is 1. The Balaban J connectivity index is 1.59. The molecule has 0 aliphatic heterocycles. The van der Waals surface area contributed by atoms with Crippen LogP contribution in [0.25, 0.3) is 10.8 Å². The molecule has 0 heterocycles. The lowest BCUT2D eigenvalue weighted by Gasteiger charge is -2.11. The molecule has 0 spiro atoms. The number of nitrogens with zero attached hydrogens (tertiary/aromatic N) is 1. The largest absolute Gasteiger partial charge is 0.494 e. The topological polar surface area (TPSA) is 77.0 Å². The van der Waals surface area contributed by atoms with Gasteiger partial charge < -0.3 is 9.47 Å². The van der Waals surface area contributed by atoms with Crippen LogP contribution < -0.4 is 14.9 Å². The number of carbonyl (C=O) groups is 2. The van der Waals surface area contributed by atoms with Crippen molar-refractivity contribution in [3.05, 3.63) is 108 Å². The average molecular weight is 438 g/mol. The number of benzene rings is 4. The lowest BCUT2D eigenvalue weighted by Crippen LogP contribution is -2.17. The lowest BCUT2D eigenvalue weighted by atomic mass is 10.0. The Bertz CT molecular complexity index is 1300. The van der Waals surface area contributed by atoms with Crippen LogP contribution in [0.4, 0.5) is 0 Å². The molecule has 0 atom stereocenters. The number of hydrogen-bond acceptors (Lipinski definition) is 5. The number of esters is 1. The van der Waals surface area contributed by atoms with E-state index in [0.717, 1.165) is 10.8 Å². The van der Waals surface area contributed by atoms with E-state index in [4.69, 9.17) is 9.47 Å². The summed E-state index contributed by atoms with van der Waals surface area (Å²) in [7, 11) is 0. The van der Waals surface area contributed by atoms with Gasteiger partial charge in [0.2, 0.25) is 0 Å². The highest BCUT2D eigenvalue weighted by atomic mass is 16.5. The molecule has 4 aromatic rings. The van der Waals surface area contributed by atoms with Crippen molar-refractivity contribution in [3.8, 4) is 11.5 Å². The minimum atomic E-state index is -0.503. The summed E-state index contributed by atoms with van der Waals surface area (Å²) in [4.78, 5) is 25.1. The number of amides is 1. The molecule has 0 aliphatic carbocycles. The number of hydrazone groups is 1. The molecule has 6 heteroatoms. The van der Waals surface area contributed by atoms with Crippen molar-refractivity contribution in [3.63, 3.8) is 0 Å². The van der Waals surface area contributed by atoms with Crippen LogP contribution in [0.2, 0.25) is 0 Å². The molecule has 0 saturated heterocycles. The Hall–Kier alpha value is -4.45. The summed E-state index contributed by atoms with van der Waals surface area (Å²) in [5, 5.41) is 5.90. The van der Waals surface area contributed by atoms with E-state index in [2.05, 4.69) is 10.5 Å². The van der Waals surface area contributed by atoms with Crippen molar-refractivity contribution >= 4 is 28.9 Å². The zero-order valence-corrected chi connectivity index (χ0v) is 18.0. The zero-order valence-electron chi connectivity index (χ0n) is 18.0. The number of nitrogens with one attached hydrogen (secondary N) is 1. The van der Waals surface area contributed by atoms with Gasteiger partial charge in [-0.05, 0) is 60.2 Å². The van der Waals surface area contributed by atoms with Crippen molar-refractivity contribution < 1.29 is 19.1 Å². The molecule has 0 unspecified atom stereocenters. The fraction of sp³-hybridized carbons (Fsp3) is 0.0741. The molecule has 0 aromatic heterocycles. The molecule has 33 heavy (non-hydrogen) atoms. The third-order valence-corrected chi connectivity index (χ3v) is 4.93. The highest BCUT2D eigenvalue weighted by Crippen LogP contribution is 2.27. The molecule has 6 nitrogen and oxygen atoms in total. The van der Waals surface area contributed by atoms with Gasteiger partial charge in [-0.3, -0.25) is 4.79 Å². The molecular formula is C27H22N2O4. The van der Waals surface area contributed by atoms with Gasteiger partial charge in [-0.2, -0.15) is 5.10 Å². The molecule has 4 aromatic carbocycles. The van der Waals surface area contributed by atoms with Crippen LogP contribution in [0.3, 0.4) is 0 Å². The second kappa shape index (κ2) is 10.2. The molecule has 1 amide bonds. The van der Waals surface area contributed by atoms with Gasteiger partial charge >= 0.3 is 5.97 Å². The van der Waals surface area contributed by atoms with Crippen LogP contribution in [0, 0.1) is 0 Å². The number of carbonyl (C=O) groups excluding carboxylic acids is 2. The van der Waals surface area contributed by atoms with Gasteiger partial charge in [0.05, 0.1) is 18.4 Å². The Labute approximate surface area is 191 Å². The Kier molecular flexibility index (Phi) is 6.75. The van der Waals surface area contributed by atoms with Crippen LogP contribution in [0.5, 0.6) is 11.5 Å². The monoisotopic (exact) mass is 438 g/mol. The van der Waals surface area contributed by atoms with E-state index < -0.39 is 5.97 Å². The summed E-state index contributed by atoms with van der Waals surface area (Å²) in [5.41, 5.74) is 3.99. The summed E-state index contributed by atoms with van der Waals surface area (Å²) in [6, 6.07) is 26.8. The summed E-state index contributed by atoms with van der Waals surface area (Å²) < 4.78 is 11.1. The van der Waals surface area contributed by atoms with Crippen molar-refractivity contribution in [1.29, 1.82) is 0 Å². The first-order chi connectivity index (χ1) is 16.2. The van der Waals surface area contributed by atoms with Gasteiger partial charge in [0.1, 0.15) is 11.5 Å². The van der Waals surface area contributed by atoms with Crippen molar-refractivity contribution in [1.82, 2.24) is 5.43 Å². The van der Waals surface area contributed by atoms with Crippen LogP contribution >= 0.6 is 0 Å². The summed E-state index contributed by atoms with van der Waals surface area (Å²) in [6.07, 6.45) is 1.49. The van der Waals surface area contributed by atoms with Crippen molar-refractivity contribution in [2.24, 2.45) is 5.10 Å². The van der Waals surface area contributed by atoms with Crippen LogP contribution in [-0.2, 0) is 0 Å². The highest BCUT2D eigenvalue weighted by molar-refractivity contribution is 6.04. The Morgan fingerprint density at radius 2 is 1.58 bits per heavy atom. The van der Waals surface area contributed by atoms with Gasteiger partial charge in [0, 0.05) is 11.1 Å². The van der Waals surface area contributed by atoms with Gasteiger partial charge in [-0.25, -0.2) is 10.2 Å². The number of rotatable bonds is 7. The fourth-order valence-electron chi connectivity index (χ4n) is 3.32. The number of fused-ring (bicyclic) bond motifs is 1. The third kappa shape index (κ3) is 5.25. The van der Waals surface area contributed by atoms with Crippen LogP contribution in [0.1, 0.15) is 33.2 Å². The van der Waals surface area contributed by atoms with E-state index >= 15 is 0 Å². The normalized spacial score (nSPS) is 10.8. The summed E-state index contributed by atoms with van der Waals surface area (Å²) in [6.45, 7) is 2.44. The molecule has 164 valence electrons. The second-order valence-corrected chi connectivity index (χ2v) is 7.11. The van der Waals surface area contributed by atoms with Crippen LogP contribution in [-0.4, -0.2) is 24.7 Å². The van der Waals surface area contributed by atoms with E-state index in [-0.39, 0.29) is 5.91 Å². The molecule has 4 rings (SSSR count). The fourth-order valence-corrected chi connectivity index (χ4v) is 3.32. The highest BCUT2D eigenvalue weighted by Gasteiger charge is 2.14. The van der Waals surface area contributed by atoms with E-state index in [0.29, 0.717) is 34.8 Å². The van der Waals surface area contributed by atoms with Crippen molar-refractivity contribution in [2.75, 3.05) is 6.61 Å². The molecular weight excluding hydrogens is 416 g/mol. The summed E-state index contributed by atoms with van der Waals surface area (Å²) >= 11 is 0. The number of ether oxygens (including phenoxy) is 2. The molecule has 0 radical (unpaired) electrons. The molecule has 0 bridgehead atoms. The average Bonchev–Trinajstić information content (AvgIpc) is 2.86. The smallest absolute Gasteiger partial charge is 0.343 e. The van der Waals surface area contributed by atoms with Crippen molar-refractivity contribution in [2.45, 2.75) is 6.92 Å². The van der Waals surface area contributed by atoms with Gasteiger partial charge in [0.15, 0.2) is 0 Å². The maximum Gasteiger partial charge on any atom is 0.343 e. The quantitative estimate of drug-likeness (QED) is 0.186. The SMILES string of the molecule is CCOc1ccc(C(=O)Oc2ccc3ccccc3c2C=NNC(=O)c2ccccc2)cc1. The minimum absolute atomic E-state index is 0.333. The predicted molar refractivity (Wildman–Crippen MR) is 128 cm³/mol. The van der Waals surface area contributed by atoms with Gasteiger partial charge in [-0.15, -0.1) is 0 Å². The zero-order chi connectivity index (χ0) is 23.0. The van der Waals surface area contributed by atoms with E-state index in [1.165, 1.54) is 6.21 Å². The first-order valence-electron chi connectivity index (χ1n) is 10.5. The summed E-state index contributed by atoms with van der Waals surface area (Å²) in [5.74, 6) is 0.184. The van der Waals surface area contributed by atoms with Gasteiger partial charge in [-0.1, -0.05) is 48.5 Å². The third-order valence-electron chi connectivity index (χ3n) is 4.93. The lowest BCUT2D eigenvalue weighted by molar-refractivity contribution is 0.0734.